The van der Waals surface area contributed by atoms with Crippen molar-refractivity contribution in [1.29, 1.82) is 0 Å². The summed E-state index contributed by atoms with van der Waals surface area (Å²) in [7, 11) is 0. The first-order valence-corrected chi connectivity index (χ1v) is 3.78. The van der Waals surface area contributed by atoms with Crippen molar-refractivity contribution >= 4 is 0 Å². The molecule has 0 spiro atoms. The van der Waals surface area contributed by atoms with Crippen LogP contribution in [0.3, 0.4) is 0 Å². The fourth-order valence-electron chi connectivity index (χ4n) is 1.29. The number of ether oxygens (including phenoxy) is 1. The topological polar surface area (TPSA) is 61.3 Å². The van der Waals surface area contributed by atoms with Crippen molar-refractivity contribution in [3.63, 3.8) is 0 Å². The molecule has 4 N–H and O–H groups in total. The van der Waals surface area contributed by atoms with Crippen molar-refractivity contribution in [3.8, 4) is 0 Å². The van der Waals surface area contributed by atoms with Gasteiger partial charge in [0.15, 0.2) is 0 Å². The lowest BCUT2D eigenvalue weighted by atomic mass is 9.76. The molecule has 0 aromatic rings. The maximum Gasteiger partial charge on any atom is 0.0560 e. The molecule has 0 aromatic heterocycles. The van der Waals surface area contributed by atoms with Crippen molar-refractivity contribution < 1.29 is 4.74 Å². The Labute approximate surface area is 61.7 Å². The Morgan fingerprint density at radius 3 is 2.30 bits per heavy atom. The molecule has 0 amide bonds. The molecule has 1 unspecified atom stereocenters. The lowest BCUT2D eigenvalue weighted by Crippen LogP contribution is -2.57. The van der Waals surface area contributed by atoms with E-state index < -0.39 is 0 Å². The van der Waals surface area contributed by atoms with Crippen LogP contribution in [0.5, 0.6) is 0 Å². The van der Waals surface area contributed by atoms with E-state index in [2.05, 4.69) is 6.92 Å². The van der Waals surface area contributed by atoms with E-state index in [4.69, 9.17) is 16.2 Å². The summed E-state index contributed by atoms with van der Waals surface area (Å²) in [5.41, 5.74) is 11.5. The van der Waals surface area contributed by atoms with E-state index in [-0.39, 0.29) is 11.5 Å². The zero-order valence-electron chi connectivity index (χ0n) is 6.47. The van der Waals surface area contributed by atoms with E-state index in [1.807, 2.05) is 0 Å². The van der Waals surface area contributed by atoms with E-state index in [0.29, 0.717) is 6.54 Å². The Balaban J connectivity index is 2.46. The van der Waals surface area contributed by atoms with E-state index in [9.17, 15) is 0 Å². The molecule has 3 nitrogen and oxygen atoms in total. The van der Waals surface area contributed by atoms with Crippen LogP contribution < -0.4 is 11.5 Å². The minimum atomic E-state index is 0.117. The van der Waals surface area contributed by atoms with Crippen LogP contribution in [0.4, 0.5) is 0 Å². The molecule has 1 aliphatic rings. The molecule has 0 aromatic carbocycles. The highest BCUT2D eigenvalue weighted by molar-refractivity contribution is 4.93. The molecule has 1 atom stereocenters. The van der Waals surface area contributed by atoms with Gasteiger partial charge in [-0.3, -0.25) is 0 Å². The first-order valence-electron chi connectivity index (χ1n) is 3.78. The summed E-state index contributed by atoms with van der Waals surface area (Å²) < 4.78 is 5.12. The van der Waals surface area contributed by atoms with Crippen molar-refractivity contribution in [2.24, 2.45) is 16.9 Å². The minimum absolute atomic E-state index is 0.117. The Morgan fingerprint density at radius 2 is 2.20 bits per heavy atom. The third kappa shape index (κ3) is 1.05. The van der Waals surface area contributed by atoms with E-state index >= 15 is 0 Å². The Bertz CT molecular complexity index is 107. The minimum Gasteiger partial charge on any atom is -0.380 e. The van der Waals surface area contributed by atoms with Gasteiger partial charge in [-0.2, -0.15) is 0 Å². The molecule has 10 heavy (non-hydrogen) atoms. The lowest BCUT2D eigenvalue weighted by Gasteiger charge is -2.44. The van der Waals surface area contributed by atoms with Crippen LogP contribution in [0.25, 0.3) is 0 Å². The molecule has 1 fully saturated rings. The average Bonchev–Trinajstić information content (AvgIpc) is 1.86. The molecule has 0 radical (unpaired) electrons. The summed E-state index contributed by atoms with van der Waals surface area (Å²) >= 11 is 0. The molecule has 0 bridgehead atoms. The highest BCUT2D eigenvalue weighted by Crippen LogP contribution is 2.33. The summed E-state index contributed by atoms with van der Waals surface area (Å²) in [5, 5.41) is 0. The van der Waals surface area contributed by atoms with Gasteiger partial charge in [0, 0.05) is 18.0 Å². The second-order valence-corrected chi connectivity index (χ2v) is 3.05. The van der Waals surface area contributed by atoms with Crippen molar-refractivity contribution in [2.75, 3.05) is 19.8 Å². The van der Waals surface area contributed by atoms with Gasteiger partial charge in [0.05, 0.1) is 13.2 Å². The Morgan fingerprint density at radius 1 is 1.60 bits per heavy atom. The van der Waals surface area contributed by atoms with Gasteiger partial charge in [0.2, 0.25) is 0 Å². The summed E-state index contributed by atoms with van der Waals surface area (Å²) in [6.07, 6.45) is 1.07. The summed E-state index contributed by atoms with van der Waals surface area (Å²) in [5.74, 6) is 0. The third-order valence-corrected chi connectivity index (χ3v) is 2.52. The molecule has 0 saturated carbocycles. The van der Waals surface area contributed by atoms with Crippen LogP contribution in [0.15, 0.2) is 0 Å². The monoisotopic (exact) mass is 144 g/mol. The van der Waals surface area contributed by atoms with Crippen LogP contribution in [0.1, 0.15) is 13.3 Å². The molecule has 3 heteroatoms. The first kappa shape index (κ1) is 7.98. The van der Waals surface area contributed by atoms with Gasteiger partial charge >= 0.3 is 0 Å². The van der Waals surface area contributed by atoms with Gasteiger partial charge in [-0.05, 0) is 6.42 Å². The summed E-state index contributed by atoms with van der Waals surface area (Å²) in [6, 6.07) is 0.117. The van der Waals surface area contributed by atoms with Crippen molar-refractivity contribution in [2.45, 2.75) is 19.4 Å². The second kappa shape index (κ2) is 2.86. The van der Waals surface area contributed by atoms with E-state index in [1.165, 1.54) is 0 Å². The molecular formula is C7H16N2O. The number of rotatable bonds is 3. The molecule has 0 aliphatic carbocycles. The number of hydrogen-bond acceptors (Lipinski definition) is 3. The predicted octanol–water partition coefficient (Wildman–Crippen LogP) is -0.301. The highest BCUT2D eigenvalue weighted by atomic mass is 16.5. The van der Waals surface area contributed by atoms with Gasteiger partial charge in [-0.15, -0.1) is 0 Å². The first-order chi connectivity index (χ1) is 4.75. The molecule has 60 valence electrons. The van der Waals surface area contributed by atoms with Gasteiger partial charge < -0.3 is 16.2 Å². The maximum atomic E-state index is 5.82. The molecule has 1 aliphatic heterocycles. The zero-order valence-corrected chi connectivity index (χ0v) is 6.47. The fourth-order valence-corrected chi connectivity index (χ4v) is 1.29. The smallest absolute Gasteiger partial charge is 0.0560 e. The average molecular weight is 144 g/mol. The van der Waals surface area contributed by atoms with Crippen LogP contribution in [-0.4, -0.2) is 25.8 Å². The molecule has 1 saturated heterocycles. The van der Waals surface area contributed by atoms with Gasteiger partial charge in [-0.25, -0.2) is 0 Å². The Hall–Kier alpha value is -0.120. The molecule has 1 heterocycles. The van der Waals surface area contributed by atoms with Crippen LogP contribution in [-0.2, 0) is 4.74 Å². The van der Waals surface area contributed by atoms with Crippen molar-refractivity contribution in [3.05, 3.63) is 0 Å². The quantitative estimate of drug-likeness (QED) is 0.571. The van der Waals surface area contributed by atoms with Gasteiger partial charge in [-0.1, -0.05) is 6.92 Å². The molecule has 1 rings (SSSR count). The summed E-state index contributed by atoms with van der Waals surface area (Å²) in [6.45, 7) is 4.29. The van der Waals surface area contributed by atoms with Crippen molar-refractivity contribution in [1.82, 2.24) is 0 Å². The van der Waals surface area contributed by atoms with Crippen LogP contribution in [0.2, 0.25) is 0 Å². The Kier molecular flexibility index (Phi) is 2.28. The number of hydrogen-bond donors (Lipinski definition) is 2. The predicted molar refractivity (Wildman–Crippen MR) is 40.6 cm³/mol. The fraction of sp³-hybridized carbons (Fsp3) is 1.00. The van der Waals surface area contributed by atoms with Gasteiger partial charge in [0.1, 0.15) is 0 Å². The standard InChI is InChI=1S/C7H16N2O/c1-2-7(4-10-5-7)6(9)3-8/h6H,2-5,8-9H2,1H3. The second-order valence-electron chi connectivity index (χ2n) is 3.05. The maximum absolute atomic E-state index is 5.82. The lowest BCUT2D eigenvalue weighted by molar-refractivity contribution is -0.126. The highest BCUT2D eigenvalue weighted by Gasteiger charge is 2.41. The van der Waals surface area contributed by atoms with Crippen LogP contribution >= 0.6 is 0 Å². The molecular weight excluding hydrogens is 128 g/mol. The normalized spacial score (nSPS) is 25.5. The third-order valence-electron chi connectivity index (χ3n) is 2.52. The zero-order chi connectivity index (χ0) is 7.61. The van der Waals surface area contributed by atoms with E-state index in [1.54, 1.807) is 0 Å². The van der Waals surface area contributed by atoms with Crippen LogP contribution in [0, 0.1) is 5.41 Å². The number of nitrogens with two attached hydrogens (primary N) is 2. The SMILES string of the molecule is CCC1(C(N)CN)COC1. The van der Waals surface area contributed by atoms with Gasteiger partial charge in [0.25, 0.3) is 0 Å². The summed E-state index contributed by atoms with van der Waals surface area (Å²) in [4.78, 5) is 0. The largest absolute Gasteiger partial charge is 0.380 e. The van der Waals surface area contributed by atoms with E-state index in [0.717, 1.165) is 19.6 Å².